The third-order valence-electron chi connectivity index (χ3n) is 8.80. The maximum atomic E-state index is 14.4. The van der Waals surface area contributed by atoms with E-state index in [9.17, 15) is 24.2 Å². The van der Waals surface area contributed by atoms with Crippen molar-refractivity contribution in [3.05, 3.63) is 101 Å². The minimum atomic E-state index is -0.663. The maximum absolute atomic E-state index is 14.4. The molecule has 6 rings (SSSR count). The smallest absolute Gasteiger partial charge is 0.257 e. The molecule has 0 unspecified atom stereocenters. The highest BCUT2D eigenvalue weighted by Gasteiger charge is 2.27. The number of aromatic hydroxyl groups is 2. The van der Waals surface area contributed by atoms with E-state index in [2.05, 4.69) is 20.5 Å². The fourth-order valence-corrected chi connectivity index (χ4v) is 6.24. The molecule has 250 valence electrons. The number of nitrogens with zero attached hydrogens (tertiary/aromatic N) is 2. The van der Waals surface area contributed by atoms with Crippen molar-refractivity contribution in [3.63, 3.8) is 0 Å². The molecule has 2 heterocycles. The number of hydrogen-bond donors (Lipinski definition) is 4. The standard InChI is InChI=1S/C37H39FN4O6/c1-23-5-12-34(44)32(17-23)35(45)40-27-6-8-28(9-7-27)41-36(46)33-20-26(38)21-39-37(33)48-30-4-2-3-24(19-30)31-11-10-29(43)18-25(31)22-42-13-15-47-16-14-42/h2-5,10-12,17-21,27-28,43-44H,6-9,13-16,22H2,1H3,(H,40,45)(H,41,46). The Bertz CT molecular complexity index is 1790. The van der Waals surface area contributed by atoms with Gasteiger partial charge in [-0.3, -0.25) is 14.5 Å². The predicted octanol–water partition coefficient (Wildman–Crippen LogP) is 5.70. The largest absolute Gasteiger partial charge is 0.508 e. The number of ether oxygens (including phenoxy) is 2. The minimum Gasteiger partial charge on any atom is -0.508 e. The lowest BCUT2D eigenvalue weighted by molar-refractivity contribution is 0.0342. The van der Waals surface area contributed by atoms with Crippen LogP contribution in [-0.2, 0) is 11.3 Å². The monoisotopic (exact) mass is 654 g/mol. The number of phenols is 2. The molecule has 1 aliphatic carbocycles. The molecule has 1 saturated carbocycles. The molecule has 0 spiro atoms. The molecule has 0 atom stereocenters. The van der Waals surface area contributed by atoms with Crippen molar-refractivity contribution in [3.8, 4) is 34.3 Å². The summed E-state index contributed by atoms with van der Waals surface area (Å²) in [5.41, 5.74) is 3.82. The number of halogens is 1. The Hall–Kier alpha value is -5.00. The van der Waals surface area contributed by atoms with Crippen molar-refractivity contribution in [2.75, 3.05) is 26.3 Å². The van der Waals surface area contributed by atoms with Gasteiger partial charge in [0.2, 0.25) is 5.88 Å². The van der Waals surface area contributed by atoms with Gasteiger partial charge in [0.05, 0.1) is 25.0 Å². The van der Waals surface area contributed by atoms with E-state index in [1.54, 1.807) is 30.3 Å². The van der Waals surface area contributed by atoms with Crippen LogP contribution in [0.3, 0.4) is 0 Å². The first-order valence-corrected chi connectivity index (χ1v) is 16.2. The van der Waals surface area contributed by atoms with E-state index in [0.29, 0.717) is 51.2 Å². The summed E-state index contributed by atoms with van der Waals surface area (Å²) in [7, 11) is 0. The minimum absolute atomic E-state index is 0.0239. The SMILES string of the molecule is Cc1ccc(O)c(C(=O)NC2CCC(NC(=O)c3cc(F)cnc3Oc3cccc(-c4ccc(O)cc4CN4CCOCC4)c3)CC2)c1. The van der Waals surface area contributed by atoms with Crippen molar-refractivity contribution in [1.29, 1.82) is 0 Å². The quantitative estimate of drug-likeness (QED) is 0.181. The van der Waals surface area contributed by atoms with E-state index in [1.165, 1.54) is 6.07 Å². The summed E-state index contributed by atoms with van der Waals surface area (Å²) in [6, 6.07) is 18.3. The highest BCUT2D eigenvalue weighted by Crippen LogP contribution is 2.33. The lowest BCUT2D eigenvalue weighted by atomic mass is 9.90. The molecule has 48 heavy (non-hydrogen) atoms. The number of nitrogens with one attached hydrogen (secondary N) is 2. The van der Waals surface area contributed by atoms with Crippen LogP contribution in [0.4, 0.5) is 4.39 Å². The maximum Gasteiger partial charge on any atom is 0.257 e. The molecule has 0 bridgehead atoms. The molecule has 1 aromatic heterocycles. The van der Waals surface area contributed by atoms with Crippen LogP contribution in [0.2, 0.25) is 0 Å². The molecule has 4 N–H and O–H groups in total. The average Bonchev–Trinajstić information content (AvgIpc) is 3.08. The third-order valence-corrected chi connectivity index (χ3v) is 8.80. The number of amides is 2. The zero-order valence-electron chi connectivity index (χ0n) is 26.7. The van der Waals surface area contributed by atoms with Gasteiger partial charge in [-0.15, -0.1) is 0 Å². The van der Waals surface area contributed by atoms with E-state index in [0.717, 1.165) is 47.6 Å². The summed E-state index contributed by atoms with van der Waals surface area (Å²) >= 11 is 0. The number of carbonyl (C=O) groups is 2. The molecule has 10 nitrogen and oxygen atoms in total. The molecule has 0 radical (unpaired) electrons. The molecule has 1 aliphatic heterocycles. The Balaban J connectivity index is 1.11. The van der Waals surface area contributed by atoms with Crippen molar-refractivity contribution < 1.29 is 33.7 Å². The zero-order chi connectivity index (χ0) is 33.6. The van der Waals surface area contributed by atoms with E-state index in [-0.39, 0.29) is 46.5 Å². The summed E-state index contributed by atoms with van der Waals surface area (Å²) in [4.78, 5) is 32.5. The number of aryl methyl sites for hydroxylation is 1. The first-order valence-electron chi connectivity index (χ1n) is 16.2. The number of rotatable bonds is 9. The molecule has 2 aliphatic rings. The van der Waals surface area contributed by atoms with Gasteiger partial charge in [-0.25, -0.2) is 9.37 Å². The third kappa shape index (κ3) is 8.10. The average molecular weight is 655 g/mol. The summed E-state index contributed by atoms with van der Waals surface area (Å²) < 4.78 is 25.9. The number of carbonyl (C=O) groups excluding carboxylic acids is 2. The van der Waals surface area contributed by atoms with Crippen LogP contribution in [0, 0.1) is 12.7 Å². The number of benzene rings is 3. The molecule has 3 aromatic carbocycles. The number of morpholine rings is 1. The second-order valence-electron chi connectivity index (χ2n) is 12.4. The number of pyridine rings is 1. The Kier molecular flexibility index (Phi) is 10.2. The predicted molar refractivity (Wildman–Crippen MR) is 178 cm³/mol. The highest BCUT2D eigenvalue weighted by molar-refractivity contribution is 5.97. The lowest BCUT2D eigenvalue weighted by Gasteiger charge is -2.30. The summed E-state index contributed by atoms with van der Waals surface area (Å²) in [6.45, 7) is 5.43. The van der Waals surface area contributed by atoms with Crippen molar-refractivity contribution in [2.24, 2.45) is 0 Å². The number of phenolic OH excluding ortho intramolecular Hbond substituents is 2. The molecule has 2 amide bonds. The summed E-state index contributed by atoms with van der Waals surface area (Å²) in [5.74, 6) is -0.992. The van der Waals surface area contributed by atoms with Gasteiger partial charge in [0.15, 0.2) is 0 Å². The van der Waals surface area contributed by atoms with Gasteiger partial charge in [0.1, 0.15) is 28.6 Å². The second-order valence-corrected chi connectivity index (χ2v) is 12.4. The fraction of sp³-hybridized carbons (Fsp3) is 0.324. The normalized spacial score (nSPS) is 18.2. The van der Waals surface area contributed by atoms with Gasteiger partial charge in [0, 0.05) is 31.7 Å². The molecular formula is C37H39FN4O6. The molecule has 11 heteroatoms. The highest BCUT2D eigenvalue weighted by atomic mass is 19.1. The van der Waals surface area contributed by atoms with Crippen LogP contribution in [-0.4, -0.2) is 70.3 Å². The van der Waals surface area contributed by atoms with Crippen molar-refractivity contribution in [2.45, 2.75) is 51.2 Å². The van der Waals surface area contributed by atoms with Crippen LogP contribution < -0.4 is 15.4 Å². The van der Waals surface area contributed by atoms with Crippen LogP contribution in [0.25, 0.3) is 11.1 Å². The first kappa shape index (κ1) is 32.9. The van der Waals surface area contributed by atoms with Gasteiger partial charge in [0.25, 0.3) is 11.8 Å². The fourth-order valence-electron chi connectivity index (χ4n) is 6.24. The molecule has 2 fully saturated rings. The van der Waals surface area contributed by atoms with Gasteiger partial charge in [-0.1, -0.05) is 29.8 Å². The summed E-state index contributed by atoms with van der Waals surface area (Å²) in [6.07, 6.45) is 3.49. The van der Waals surface area contributed by atoms with E-state index in [1.807, 2.05) is 31.2 Å². The van der Waals surface area contributed by atoms with Crippen molar-refractivity contribution >= 4 is 11.8 Å². The first-order chi connectivity index (χ1) is 23.2. The van der Waals surface area contributed by atoms with Crippen LogP contribution in [0.1, 0.15) is 57.5 Å². The molecule has 4 aromatic rings. The van der Waals surface area contributed by atoms with Crippen molar-refractivity contribution in [1.82, 2.24) is 20.5 Å². The van der Waals surface area contributed by atoms with Gasteiger partial charge in [-0.05, 0) is 91.8 Å². The Labute approximate surface area is 278 Å². The van der Waals surface area contributed by atoms with E-state index >= 15 is 0 Å². The molecular weight excluding hydrogens is 615 g/mol. The summed E-state index contributed by atoms with van der Waals surface area (Å²) in [5, 5.41) is 26.3. The van der Waals surface area contributed by atoms with Gasteiger partial charge >= 0.3 is 0 Å². The molecule has 1 saturated heterocycles. The van der Waals surface area contributed by atoms with E-state index in [4.69, 9.17) is 9.47 Å². The van der Waals surface area contributed by atoms with Crippen LogP contribution >= 0.6 is 0 Å². The van der Waals surface area contributed by atoms with Crippen LogP contribution in [0.15, 0.2) is 72.9 Å². The topological polar surface area (TPSA) is 133 Å². The second kappa shape index (κ2) is 14.8. The lowest BCUT2D eigenvalue weighted by Crippen LogP contribution is -2.44. The number of aromatic nitrogens is 1. The van der Waals surface area contributed by atoms with Crippen LogP contribution in [0.5, 0.6) is 23.1 Å². The van der Waals surface area contributed by atoms with E-state index < -0.39 is 11.7 Å². The Morgan fingerprint density at radius 1 is 0.917 bits per heavy atom. The zero-order valence-corrected chi connectivity index (χ0v) is 26.7. The van der Waals surface area contributed by atoms with Gasteiger partial charge in [-0.2, -0.15) is 0 Å². The Morgan fingerprint density at radius 2 is 1.62 bits per heavy atom. The van der Waals surface area contributed by atoms with Gasteiger partial charge < -0.3 is 30.3 Å². The Morgan fingerprint density at radius 3 is 2.35 bits per heavy atom. The number of hydrogen-bond acceptors (Lipinski definition) is 8.